The molecule has 0 radical (unpaired) electrons. The van der Waals surface area contributed by atoms with Gasteiger partial charge in [0.1, 0.15) is 5.82 Å². The molecule has 1 rings (SSSR count). The minimum Gasteiger partial charge on any atom is -0.329 e. The second kappa shape index (κ2) is 5.16. The van der Waals surface area contributed by atoms with E-state index in [2.05, 4.69) is 4.98 Å². The van der Waals surface area contributed by atoms with Crippen molar-refractivity contribution >= 4 is 5.78 Å². The highest BCUT2D eigenvalue weighted by Crippen LogP contribution is 2.29. The Bertz CT molecular complexity index is 367. The third kappa shape index (κ3) is 2.27. The van der Waals surface area contributed by atoms with E-state index >= 15 is 0 Å². The molecule has 1 aromatic rings. The lowest BCUT2D eigenvalue weighted by molar-refractivity contribution is 0.0786. The molecule has 0 amide bonds. The Labute approximate surface area is 94.9 Å². The highest BCUT2D eigenvalue weighted by molar-refractivity contribution is 6.00. The summed E-state index contributed by atoms with van der Waals surface area (Å²) in [5.41, 5.74) is 5.38. The summed E-state index contributed by atoms with van der Waals surface area (Å²) in [6.45, 7) is 4.11. The van der Waals surface area contributed by atoms with Gasteiger partial charge in [-0.15, -0.1) is 0 Å². The maximum absolute atomic E-state index is 13.0. The first-order chi connectivity index (χ1) is 7.59. The summed E-state index contributed by atoms with van der Waals surface area (Å²) in [6.07, 6.45) is 3.77. The van der Waals surface area contributed by atoms with Crippen molar-refractivity contribution in [1.82, 2.24) is 4.98 Å². The van der Waals surface area contributed by atoms with E-state index in [4.69, 9.17) is 5.73 Å². The quantitative estimate of drug-likeness (QED) is 0.780. The molecule has 0 saturated carbocycles. The van der Waals surface area contributed by atoms with Crippen LogP contribution in [0.3, 0.4) is 0 Å². The van der Waals surface area contributed by atoms with E-state index in [1.807, 2.05) is 13.8 Å². The lowest BCUT2D eigenvalue weighted by atomic mass is 9.76. The Morgan fingerprint density at radius 1 is 1.44 bits per heavy atom. The molecule has 88 valence electrons. The normalized spacial score (nSPS) is 11.5. The van der Waals surface area contributed by atoms with Gasteiger partial charge in [-0.2, -0.15) is 0 Å². The predicted octanol–water partition coefficient (Wildman–Crippen LogP) is 2.17. The number of hydrogen-bond acceptors (Lipinski definition) is 3. The highest BCUT2D eigenvalue weighted by atomic mass is 19.1. The van der Waals surface area contributed by atoms with E-state index in [9.17, 15) is 9.18 Å². The maximum Gasteiger partial charge on any atom is 0.171 e. The zero-order valence-corrected chi connectivity index (χ0v) is 9.66. The molecule has 0 aliphatic heterocycles. The number of carbonyl (C=O) groups excluding carboxylic acids is 1. The van der Waals surface area contributed by atoms with Gasteiger partial charge >= 0.3 is 0 Å². The summed E-state index contributed by atoms with van der Waals surface area (Å²) in [5, 5.41) is 0. The number of hydrogen-bond donors (Lipinski definition) is 1. The number of nitrogens with zero attached hydrogens (tertiary/aromatic N) is 1. The van der Waals surface area contributed by atoms with E-state index in [0.717, 1.165) is 6.20 Å². The van der Waals surface area contributed by atoms with Crippen LogP contribution in [-0.4, -0.2) is 17.3 Å². The van der Waals surface area contributed by atoms with Crippen LogP contribution in [0.4, 0.5) is 4.39 Å². The highest BCUT2D eigenvalue weighted by Gasteiger charge is 2.34. The summed E-state index contributed by atoms with van der Waals surface area (Å²) < 4.78 is 13.0. The molecule has 3 nitrogen and oxygen atoms in total. The Hall–Kier alpha value is -1.29. The standard InChI is InChI=1S/C12H17FN2O/c1-3-12(4-2,8-14)11(16)9-5-10(13)7-15-6-9/h5-7H,3-4,8,14H2,1-2H3. The smallest absolute Gasteiger partial charge is 0.171 e. The minimum atomic E-state index is -0.588. The fourth-order valence-corrected chi connectivity index (χ4v) is 1.79. The van der Waals surface area contributed by atoms with Crippen LogP contribution in [0.1, 0.15) is 37.0 Å². The number of nitrogens with two attached hydrogens (primary N) is 1. The number of aromatic nitrogens is 1. The maximum atomic E-state index is 13.0. The molecule has 0 unspecified atom stereocenters. The molecule has 0 atom stereocenters. The molecule has 2 N–H and O–H groups in total. The van der Waals surface area contributed by atoms with Crippen LogP contribution >= 0.6 is 0 Å². The molecule has 1 heterocycles. The van der Waals surface area contributed by atoms with Gasteiger partial charge in [0, 0.05) is 23.7 Å². The predicted molar refractivity (Wildman–Crippen MR) is 60.6 cm³/mol. The second-order valence-electron chi connectivity index (χ2n) is 3.91. The Balaban J connectivity index is 3.09. The first kappa shape index (κ1) is 12.8. The van der Waals surface area contributed by atoms with Gasteiger partial charge < -0.3 is 5.73 Å². The van der Waals surface area contributed by atoms with E-state index < -0.39 is 11.2 Å². The van der Waals surface area contributed by atoms with Gasteiger partial charge in [-0.3, -0.25) is 9.78 Å². The SMILES string of the molecule is CCC(CC)(CN)C(=O)c1cncc(F)c1. The van der Waals surface area contributed by atoms with Gasteiger partial charge in [0.2, 0.25) is 0 Å². The first-order valence-electron chi connectivity index (χ1n) is 5.45. The number of rotatable bonds is 5. The molecule has 0 saturated heterocycles. The van der Waals surface area contributed by atoms with Gasteiger partial charge in [0.25, 0.3) is 0 Å². The van der Waals surface area contributed by atoms with Gasteiger partial charge in [0.05, 0.1) is 6.20 Å². The van der Waals surface area contributed by atoms with Crippen LogP contribution in [0.2, 0.25) is 0 Å². The summed E-state index contributed by atoms with van der Waals surface area (Å²) in [4.78, 5) is 15.9. The molecule has 0 aliphatic carbocycles. The largest absolute Gasteiger partial charge is 0.329 e. The molecule has 0 aliphatic rings. The van der Waals surface area contributed by atoms with E-state index in [0.29, 0.717) is 18.4 Å². The number of Topliss-reactive ketones (excluding diaryl/α,β-unsaturated/α-hetero) is 1. The zero-order chi connectivity index (χ0) is 12.2. The lowest BCUT2D eigenvalue weighted by Gasteiger charge is -2.28. The van der Waals surface area contributed by atoms with Gasteiger partial charge in [-0.1, -0.05) is 13.8 Å². The van der Waals surface area contributed by atoms with Crippen LogP contribution in [0, 0.1) is 11.2 Å². The summed E-state index contributed by atoms with van der Waals surface area (Å²) in [7, 11) is 0. The third-order valence-corrected chi connectivity index (χ3v) is 3.19. The summed E-state index contributed by atoms with van der Waals surface area (Å²) in [5.74, 6) is -0.615. The van der Waals surface area contributed by atoms with Crippen LogP contribution in [0.5, 0.6) is 0 Å². The van der Waals surface area contributed by atoms with E-state index in [1.165, 1.54) is 12.3 Å². The average molecular weight is 224 g/mol. The fraction of sp³-hybridized carbons (Fsp3) is 0.500. The summed E-state index contributed by atoms with van der Waals surface area (Å²) in [6, 6.07) is 1.21. The Morgan fingerprint density at radius 3 is 2.50 bits per heavy atom. The monoisotopic (exact) mass is 224 g/mol. The molecular formula is C12H17FN2O. The summed E-state index contributed by atoms with van der Waals surface area (Å²) >= 11 is 0. The van der Waals surface area contributed by atoms with Crippen molar-refractivity contribution in [3.05, 3.63) is 29.8 Å². The lowest BCUT2D eigenvalue weighted by Crippen LogP contribution is -2.37. The van der Waals surface area contributed by atoms with Crippen molar-refractivity contribution in [2.24, 2.45) is 11.1 Å². The van der Waals surface area contributed by atoms with Crippen molar-refractivity contribution in [2.45, 2.75) is 26.7 Å². The van der Waals surface area contributed by atoms with Crippen LogP contribution in [0.25, 0.3) is 0 Å². The zero-order valence-electron chi connectivity index (χ0n) is 9.66. The van der Waals surface area contributed by atoms with Crippen molar-refractivity contribution in [3.8, 4) is 0 Å². The van der Waals surface area contributed by atoms with Crippen molar-refractivity contribution in [1.29, 1.82) is 0 Å². The molecule has 1 aromatic heterocycles. The second-order valence-corrected chi connectivity index (χ2v) is 3.91. The van der Waals surface area contributed by atoms with E-state index in [1.54, 1.807) is 0 Å². The van der Waals surface area contributed by atoms with Crippen LogP contribution in [0.15, 0.2) is 18.5 Å². The van der Waals surface area contributed by atoms with E-state index in [-0.39, 0.29) is 12.3 Å². The molecular weight excluding hydrogens is 207 g/mol. The topological polar surface area (TPSA) is 56.0 Å². The average Bonchev–Trinajstić information content (AvgIpc) is 2.32. The van der Waals surface area contributed by atoms with Gasteiger partial charge in [-0.25, -0.2) is 4.39 Å². The first-order valence-corrected chi connectivity index (χ1v) is 5.45. The molecule has 0 fully saturated rings. The van der Waals surface area contributed by atoms with Crippen molar-refractivity contribution < 1.29 is 9.18 Å². The molecule has 4 heteroatoms. The van der Waals surface area contributed by atoms with Crippen LogP contribution < -0.4 is 5.73 Å². The minimum absolute atomic E-state index is 0.119. The molecule has 0 spiro atoms. The number of ketones is 1. The van der Waals surface area contributed by atoms with Crippen molar-refractivity contribution in [2.75, 3.05) is 6.54 Å². The van der Waals surface area contributed by atoms with Crippen molar-refractivity contribution in [3.63, 3.8) is 0 Å². The fourth-order valence-electron chi connectivity index (χ4n) is 1.79. The van der Waals surface area contributed by atoms with Crippen LogP contribution in [-0.2, 0) is 0 Å². The molecule has 0 aromatic carbocycles. The Kier molecular flexibility index (Phi) is 4.12. The third-order valence-electron chi connectivity index (χ3n) is 3.19. The molecule has 0 bridgehead atoms. The number of pyridine rings is 1. The number of halogens is 1. The molecule has 16 heavy (non-hydrogen) atoms. The Morgan fingerprint density at radius 2 is 2.06 bits per heavy atom. The van der Waals surface area contributed by atoms with Gasteiger partial charge in [-0.05, 0) is 18.9 Å². The number of carbonyl (C=O) groups is 1. The van der Waals surface area contributed by atoms with Gasteiger partial charge in [0.15, 0.2) is 5.78 Å².